The second kappa shape index (κ2) is 5.59. The van der Waals surface area contributed by atoms with E-state index in [0.717, 1.165) is 5.69 Å². The highest BCUT2D eigenvalue weighted by Gasteiger charge is 2.24. The zero-order valence-electron chi connectivity index (χ0n) is 10.9. The monoisotopic (exact) mass is 318 g/mol. The zero-order chi connectivity index (χ0) is 14.9. The Hall–Kier alpha value is -1.31. The minimum Gasteiger partial charge on any atom is -0.478 e. The first kappa shape index (κ1) is 15.1. The molecule has 1 N–H and O–H groups in total. The maximum absolute atomic E-state index is 11.4. The number of rotatable bonds is 3. The van der Waals surface area contributed by atoms with Gasteiger partial charge < -0.3 is 10.0 Å². The Morgan fingerprint density at radius 2 is 1.85 bits per heavy atom. The lowest BCUT2D eigenvalue weighted by Crippen LogP contribution is -2.48. The Morgan fingerprint density at radius 1 is 1.25 bits per heavy atom. The van der Waals surface area contributed by atoms with Gasteiger partial charge in [0, 0.05) is 26.2 Å². The Morgan fingerprint density at radius 3 is 2.30 bits per heavy atom. The van der Waals surface area contributed by atoms with Crippen LogP contribution in [-0.2, 0) is 10.0 Å². The summed E-state index contributed by atoms with van der Waals surface area (Å²) in [5.74, 6) is -1.03. The van der Waals surface area contributed by atoms with Crippen LogP contribution in [0.5, 0.6) is 0 Å². The third-order valence-electron chi connectivity index (χ3n) is 3.24. The molecule has 0 unspecified atom stereocenters. The van der Waals surface area contributed by atoms with Gasteiger partial charge >= 0.3 is 5.97 Å². The molecule has 0 aliphatic carbocycles. The van der Waals surface area contributed by atoms with Crippen molar-refractivity contribution in [3.63, 3.8) is 0 Å². The summed E-state index contributed by atoms with van der Waals surface area (Å²) in [6.45, 7) is 1.85. The highest BCUT2D eigenvalue weighted by Crippen LogP contribution is 2.28. The summed E-state index contributed by atoms with van der Waals surface area (Å²) in [7, 11) is -3.16. The maximum atomic E-state index is 11.4. The largest absolute Gasteiger partial charge is 0.478 e. The molecule has 2 rings (SSSR count). The van der Waals surface area contributed by atoms with E-state index in [4.69, 9.17) is 16.7 Å². The molecular weight excluding hydrogens is 304 g/mol. The zero-order valence-corrected chi connectivity index (χ0v) is 12.5. The van der Waals surface area contributed by atoms with Gasteiger partial charge in [-0.25, -0.2) is 13.2 Å². The number of carboxylic acids is 1. The first-order chi connectivity index (χ1) is 9.29. The van der Waals surface area contributed by atoms with E-state index in [0.29, 0.717) is 31.2 Å². The van der Waals surface area contributed by atoms with E-state index in [1.165, 1.54) is 22.7 Å². The molecule has 1 aromatic rings. The van der Waals surface area contributed by atoms with Crippen molar-refractivity contribution in [3.05, 3.63) is 28.8 Å². The van der Waals surface area contributed by atoms with Crippen LogP contribution in [0.25, 0.3) is 0 Å². The predicted octanol–water partition coefficient (Wildman–Crippen LogP) is 1.12. The van der Waals surface area contributed by atoms with Gasteiger partial charge in [0.05, 0.1) is 22.5 Å². The van der Waals surface area contributed by atoms with Crippen LogP contribution in [0.15, 0.2) is 18.2 Å². The standard InChI is InChI=1S/C12H15ClN2O4S/c1-20(18,19)15-6-4-14(5-7-15)11-3-2-9(12(16)17)8-10(11)13/h2-3,8H,4-7H2,1H3,(H,16,17). The van der Waals surface area contributed by atoms with Crippen LogP contribution in [0.3, 0.4) is 0 Å². The molecule has 6 nitrogen and oxygen atoms in total. The third-order valence-corrected chi connectivity index (χ3v) is 4.85. The molecular formula is C12H15ClN2O4S. The molecule has 1 aliphatic heterocycles. The van der Waals surface area contributed by atoms with Gasteiger partial charge in [-0.3, -0.25) is 0 Å². The maximum Gasteiger partial charge on any atom is 0.335 e. The minimum atomic E-state index is -3.16. The molecule has 1 aliphatic rings. The van der Waals surface area contributed by atoms with Gasteiger partial charge in [0.25, 0.3) is 0 Å². The molecule has 1 saturated heterocycles. The minimum absolute atomic E-state index is 0.133. The predicted molar refractivity (Wildman–Crippen MR) is 77.0 cm³/mol. The van der Waals surface area contributed by atoms with Crippen LogP contribution in [0, 0.1) is 0 Å². The van der Waals surface area contributed by atoms with Crippen molar-refractivity contribution in [1.29, 1.82) is 0 Å². The molecule has 8 heteroatoms. The summed E-state index contributed by atoms with van der Waals surface area (Å²) in [6, 6.07) is 4.55. The fraction of sp³-hybridized carbons (Fsp3) is 0.417. The molecule has 0 amide bonds. The van der Waals surface area contributed by atoms with E-state index in [1.54, 1.807) is 6.07 Å². The summed E-state index contributed by atoms with van der Waals surface area (Å²) < 4.78 is 24.3. The smallest absolute Gasteiger partial charge is 0.335 e. The SMILES string of the molecule is CS(=O)(=O)N1CCN(c2ccc(C(=O)O)cc2Cl)CC1. The topological polar surface area (TPSA) is 77.9 Å². The van der Waals surface area contributed by atoms with Gasteiger partial charge in [-0.05, 0) is 18.2 Å². The van der Waals surface area contributed by atoms with E-state index in [-0.39, 0.29) is 5.56 Å². The van der Waals surface area contributed by atoms with Gasteiger partial charge in [-0.1, -0.05) is 11.6 Å². The number of carbonyl (C=O) groups is 1. The summed E-state index contributed by atoms with van der Waals surface area (Å²) >= 11 is 6.10. The number of anilines is 1. The van der Waals surface area contributed by atoms with Crippen molar-refractivity contribution in [2.45, 2.75) is 0 Å². The fourth-order valence-electron chi connectivity index (χ4n) is 2.16. The average Bonchev–Trinajstić information content (AvgIpc) is 2.37. The molecule has 20 heavy (non-hydrogen) atoms. The Kier molecular flexibility index (Phi) is 4.22. The normalized spacial score (nSPS) is 17.2. The Bertz CT molecular complexity index is 624. The average molecular weight is 319 g/mol. The first-order valence-electron chi connectivity index (χ1n) is 6.02. The van der Waals surface area contributed by atoms with Gasteiger partial charge in [0.15, 0.2) is 0 Å². The molecule has 0 aromatic heterocycles. The molecule has 1 aromatic carbocycles. The van der Waals surface area contributed by atoms with Crippen molar-refractivity contribution >= 4 is 33.3 Å². The van der Waals surface area contributed by atoms with E-state index >= 15 is 0 Å². The number of piperazine rings is 1. The van der Waals surface area contributed by atoms with E-state index < -0.39 is 16.0 Å². The van der Waals surface area contributed by atoms with Crippen molar-refractivity contribution in [2.75, 3.05) is 37.3 Å². The highest BCUT2D eigenvalue weighted by molar-refractivity contribution is 7.88. The van der Waals surface area contributed by atoms with Crippen LogP contribution in [-0.4, -0.2) is 56.2 Å². The number of aromatic carboxylic acids is 1. The Labute approximate surface area is 122 Å². The van der Waals surface area contributed by atoms with E-state index in [9.17, 15) is 13.2 Å². The van der Waals surface area contributed by atoms with Gasteiger partial charge in [0.1, 0.15) is 0 Å². The lowest BCUT2D eigenvalue weighted by Gasteiger charge is -2.35. The van der Waals surface area contributed by atoms with E-state index in [1.807, 2.05) is 4.90 Å². The van der Waals surface area contributed by atoms with E-state index in [2.05, 4.69) is 0 Å². The van der Waals surface area contributed by atoms with Crippen LogP contribution in [0.2, 0.25) is 5.02 Å². The lowest BCUT2D eigenvalue weighted by molar-refractivity contribution is 0.0697. The number of hydrogen-bond donors (Lipinski definition) is 1. The van der Waals surface area contributed by atoms with Gasteiger partial charge in [-0.2, -0.15) is 4.31 Å². The van der Waals surface area contributed by atoms with Crippen LogP contribution in [0.1, 0.15) is 10.4 Å². The van der Waals surface area contributed by atoms with Crippen LogP contribution >= 0.6 is 11.6 Å². The molecule has 0 saturated carbocycles. The third kappa shape index (κ3) is 3.23. The Balaban J connectivity index is 2.13. The number of nitrogens with zero attached hydrogens (tertiary/aromatic N) is 2. The molecule has 110 valence electrons. The second-order valence-electron chi connectivity index (χ2n) is 4.62. The van der Waals surface area contributed by atoms with Crippen molar-refractivity contribution in [3.8, 4) is 0 Å². The summed E-state index contributed by atoms with van der Waals surface area (Å²) in [4.78, 5) is 12.8. The number of carboxylic acid groups (broad SMARTS) is 1. The first-order valence-corrected chi connectivity index (χ1v) is 8.24. The van der Waals surface area contributed by atoms with Gasteiger partial charge in [0.2, 0.25) is 10.0 Å². The second-order valence-corrected chi connectivity index (χ2v) is 7.01. The highest BCUT2D eigenvalue weighted by atomic mass is 35.5. The number of benzene rings is 1. The van der Waals surface area contributed by atoms with Gasteiger partial charge in [-0.15, -0.1) is 0 Å². The quantitative estimate of drug-likeness (QED) is 0.903. The molecule has 0 atom stereocenters. The number of sulfonamides is 1. The molecule has 0 spiro atoms. The van der Waals surface area contributed by atoms with Crippen LogP contribution in [0.4, 0.5) is 5.69 Å². The summed E-state index contributed by atoms with van der Waals surface area (Å²) in [5, 5.41) is 9.25. The van der Waals surface area contributed by atoms with Crippen LogP contribution < -0.4 is 4.90 Å². The van der Waals surface area contributed by atoms with Crippen molar-refractivity contribution in [2.24, 2.45) is 0 Å². The summed E-state index contributed by atoms with van der Waals surface area (Å²) in [5.41, 5.74) is 0.860. The fourth-order valence-corrected chi connectivity index (χ4v) is 3.28. The molecule has 1 heterocycles. The number of halogens is 1. The van der Waals surface area contributed by atoms with Crippen molar-refractivity contribution in [1.82, 2.24) is 4.31 Å². The number of hydrogen-bond acceptors (Lipinski definition) is 4. The van der Waals surface area contributed by atoms with Crippen molar-refractivity contribution < 1.29 is 18.3 Å². The molecule has 1 fully saturated rings. The lowest BCUT2D eigenvalue weighted by atomic mass is 10.2. The summed E-state index contributed by atoms with van der Waals surface area (Å²) in [6.07, 6.45) is 1.19. The molecule has 0 radical (unpaired) electrons. The molecule has 0 bridgehead atoms.